The molecule has 3 aromatic heterocycles. The average Bonchev–Trinajstić information content (AvgIpc) is 3.49. The molecule has 0 spiro atoms. The second kappa shape index (κ2) is 11.6. The van der Waals surface area contributed by atoms with E-state index in [1.165, 1.54) is 29.7 Å². The molecule has 0 atom stereocenters. The number of thiophene rings is 1. The fourth-order valence-electron chi connectivity index (χ4n) is 3.91. The average molecular weight is 575 g/mol. The molecule has 0 saturated carbocycles. The molecule has 0 bridgehead atoms. The quantitative estimate of drug-likeness (QED) is 0.218. The number of halogens is 1. The number of ether oxygens (including phenoxy) is 1. The number of hydrogen-bond acceptors (Lipinski definition) is 7. The highest BCUT2D eigenvalue weighted by Crippen LogP contribution is 2.36. The molecule has 5 rings (SSSR count). The van der Waals surface area contributed by atoms with Gasteiger partial charge in [-0.2, -0.15) is 5.10 Å². The van der Waals surface area contributed by atoms with Gasteiger partial charge in [0.1, 0.15) is 11.6 Å². The number of anilines is 2. The first kappa shape index (κ1) is 26.9. The lowest BCUT2D eigenvalue weighted by atomic mass is 10.1. The number of nitrogens with one attached hydrogen (secondary N) is 3. The highest BCUT2D eigenvalue weighted by Gasteiger charge is 2.17. The van der Waals surface area contributed by atoms with Crippen LogP contribution in [0.1, 0.15) is 20.9 Å². The topological polar surface area (TPSA) is 110 Å². The van der Waals surface area contributed by atoms with E-state index in [4.69, 9.17) is 17.0 Å². The number of thiocarbonyl (C=S) groups is 1. The summed E-state index contributed by atoms with van der Waals surface area (Å²) >= 11 is 6.38. The van der Waals surface area contributed by atoms with Gasteiger partial charge in [0.25, 0.3) is 5.91 Å². The third kappa shape index (κ3) is 6.30. The Balaban J connectivity index is 1.25. The molecule has 9 nitrogen and oxygen atoms in total. The number of fused-ring (bicyclic) bond motifs is 1. The Labute approximate surface area is 238 Å². The largest absolute Gasteiger partial charge is 0.453 e. The van der Waals surface area contributed by atoms with Crippen LogP contribution in [0.15, 0.2) is 72.9 Å². The molecule has 2 aromatic carbocycles. The van der Waals surface area contributed by atoms with Gasteiger partial charge in [0, 0.05) is 37.1 Å². The van der Waals surface area contributed by atoms with E-state index in [2.05, 4.69) is 26.0 Å². The molecular weight excluding hydrogens is 551 g/mol. The van der Waals surface area contributed by atoms with Crippen molar-refractivity contribution in [3.8, 4) is 11.5 Å². The van der Waals surface area contributed by atoms with Crippen LogP contribution in [0.25, 0.3) is 10.2 Å². The van der Waals surface area contributed by atoms with E-state index in [9.17, 15) is 14.0 Å². The van der Waals surface area contributed by atoms with Gasteiger partial charge in [0.2, 0.25) is 5.91 Å². The van der Waals surface area contributed by atoms with Crippen LogP contribution >= 0.6 is 23.6 Å². The third-order valence-corrected chi connectivity index (χ3v) is 7.06. The maximum atomic E-state index is 15.0. The SMILES string of the molecule is Cc1cc(NC(=O)c2cc3nccc(Oc4ccc(NC(=S)NC(=O)Cc5ccccc5)cc4F)c3s2)n(C)n1. The zero-order chi connectivity index (χ0) is 28.2. The molecule has 2 amide bonds. The minimum absolute atomic E-state index is 0.0261. The molecule has 0 radical (unpaired) electrons. The summed E-state index contributed by atoms with van der Waals surface area (Å²) in [5.41, 5.74) is 2.52. The van der Waals surface area contributed by atoms with E-state index >= 15 is 0 Å². The van der Waals surface area contributed by atoms with E-state index in [1.807, 2.05) is 37.3 Å². The van der Waals surface area contributed by atoms with Gasteiger partial charge < -0.3 is 20.7 Å². The molecule has 3 N–H and O–H groups in total. The maximum Gasteiger partial charge on any atom is 0.266 e. The zero-order valence-electron chi connectivity index (χ0n) is 21.4. The number of aromatic nitrogens is 3. The smallest absolute Gasteiger partial charge is 0.266 e. The lowest BCUT2D eigenvalue weighted by Crippen LogP contribution is -2.35. The molecule has 12 heteroatoms. The number of carbonyl (C=O) groups excluding carboxylic acids is 2. The standard InChI is InChI=1S/C28H23FN6O3S2/c1-16-12-24(35(2)34-16)32-27(37)23-15-20-26(40-23)22(10-11-30-20)38-21-9-8-18(14-19(21)29)31-28(39)33-25(36)13-17-6-4-3-5-7-17/h3-12,14-15H,13H2,1-2H3,(H,32,37)(H2,31,33,36,39). The van der Waals surface area contributed by atoms with Crippen LogP contribution in [0.2, 0.25) is 0 Å². The van der Waals surface area contributed by atoms with Crippen molar-refractivity contribution in [3.05, 3.63) is 94.9 Å². The van der Waals surface area contributed by atoms with Crippen molar-refractivity contribution in [2.24, 2.45) is 7.05 Å². The molecule has 3 heterocycles. The summed E-state index contributed by atoms with van der Waals surface area (Å²) in [5.74, 6) is -0.351. The molecule has 0 aliphatic carbocycles. The van der Waals surface area contributed by atoms with Crippen molar-refractivity contribution in [2.75, 3.05) is 10.6 Å². The summed E-state index contributed by atoms with van der Waals surface area (Å²) in [7, 11) is 1.74. The summed E-state index contributed by atoms with van der Waals surface area (Å²) in [5, 5.41) is 12.5. The minimum Gasteiger partial charge on any atom is -0.453 e. The van der Waals surface area contributed by atoms with Gasteiger partial charge in [-0.25, -0.2) is 4.39 Å². The zero-order valence-corrected chi connectivity index (χ0v) is 23.0. The second-order valence-corrected chi connectivity index (χ2v) is 10.3. The number of nitrogens with zero attached hydrogens (tertiary/aromatic N) is 3. The fourth-order valence-corrected chi connectivity index (χ4v) is 5.10. The minimum atomic E-state index is -0.644. The summed E-state index contributed by atoms with van der Waals surface area (Å²) < 4.78 is 23.0. The molecule has 5 aromatic rings. The van der Waals surface area contributed by atoms with Gasteiger partial charge >= 0.3 is 0 Å². The van der Waals surface area contributed by atoms with Crippen molar-refractivity contribution in [1.82, 2.24) is 20.1 Å². The number of aryl methyl sites for hydroxylation is 2. The molecule has 40 heavy (non-hydrogen) atoms. The molecule has 0 saturated heterocycles. The highest BCUT2D eigenvalue weighted by molar-refractivity contribution is 7.80. The van der Waals surface area contributed by atoms with Crippen LogP contribution in [0.5, 0.6) is 11.5 Å². The predicted octanol–water partition coefficient (Wildman–Crippen LogP) is 5.58. The third-order valence-electron chi connectivity index (χ3n) is 5.71. The van der Waals surface area contributed by atoms with Gasteiger partial charge in [-0.15, -0.1) is 11.3 Å². The van der Waals surface area contributed by atoms with Gasteiger partial charge in [-0.05, 0) is 42.9 Å². The number of amides is 2. The molecule has 0 aliphatic heterocycles. The van der Waals surface area contributed by atoms with Gasteiger partial charge in [0.15, 0.2) is 16.7 Å². The first-order chi connectivity index (χ1) is 19.2. The van der Waals surface area contributed by atoms with Crippen molar-refractivity contribution in [1.29, 1.82) is 0 Å². The monoisotopic (exact) mass is 574 g/mol. The number of carbonyl (C=O) groups is 2. The number of pyridine rings is 1. The van der Waals surface area contributed by atoms with E-state index in [0.717, 1.165) is 11.3 Å². The van der Waals surface area contributed by atoms with Crippen LogP contribution < -0.4 is 20.7 Å². The Kier molecular flexibility index (Phi) is 7.80. The first-order valence-corrected chi connectivity index (χ1v) is 13.3. The van der Waals surface area contributed by atoms with Crippen molar-refractivity contribution < 1.29 is 18.7 Å². The van der Waals surface area contributed by atoms with Gasteiger partial charge in [0.05, 0.1) is 27.2 Å². The fraction of sp³-hybridized carbons (Fsp3) is 0.107. The van der Waals surface area contributed by atoms with Crippen LogP contribution in [0.3, 0.4) is 0 Å². The second-order valence-electron chi connectivity index (χ2n) is 8.79. The van der Waals surface area contributed by atoms with E-state index in [0.29, 0.717) is 32.3 Å². The highest BCUT2D eigenvalue weighted by atomic mass is 32.1. The van der Waals surface area contributed by atoms with E-state index < -0.39 is 5.82 Å². The van der Waals surface area contributed by atoms with E-state index in [-0.39, 0.29) is 29.1 Å². The van der Waals surface area contributed by atoms with Crippen LogP contribution in [0.4, 0.5) is 15.9 Å². The summed E-state index contributed by atoms with van der Waals surface area (Å²) in [6, 6.07) is 18.5. The van der Waals surface area contributed by atoms with Crippen LogP contribution in [-0.4, -0.2) is 31.7 Å². The number of hydrogen-bond donors (Lipinski definition) is 3. The Hall–Kier alpha value is -4.68. The van der Waals surface area contributed by atoms with Crippen molar-refractivity contribution in [3.63, 3.8) is 0 Å². The first-order valence-electron chi connectivity index (χ1n) is 12.1. The van der Waals surface area contributed by atoms with Crippen LogP contribution in [-0.2, 0) is 18.3 Å². The van der Waals surface area contributed by atoms with Gasteiger partial charge in [-0.1, -0.05) is 30.3 Å². The van der Waals surface area contributed by atoms with Gasteiger partial charge in [-0.3, -0.25) is 19.3 Å². The molecule has 202 valence electrons. The lowest BCUT2D eigenvalue weighted by Gasteiger charge is -2.12. The van der Waals surface area contributed by atoms with Crippen LogP contribution in [0, 0.1) is 12.7 Å². The molecular formula is C28H23FN6O3S2. The van der Waals surface area contributed by atoms with Crippen molar-refractivity contribution >= 4 is 62.2 Å². The number of benzene rings is 2. The Morgan fingerprint density at radius 3 is 2.58 bits per heavy atom. The number of rotatable bonds is 7. The summed E-state index contributed by atoms with van der Waals surface area (Å²) in [6.45, 7) is 1.84. The summed E-state index contributed by atoms with van der Waals surface area (Å²) in [6.07, 6.45) is 1.69. The maximum absolute atomic E-state index is 15.0. The van der Waals surface area contributed by atoms with Crippen molar-refractivity contribution in [2.45, 2.75) is 13.3 Å². The summed E-state index contributed by atoms with van der Waals surface area (Å²) in [4.78, 5) is 29.8. The lowest BCUT2D eigenvalue weighted by molar-refractivity contribution is -0.119. The molecule has 0 unspecified atom stereocenters. The predicted molar refractivity (Wildman–Crippen MR) is 157 cm³/mol. The van der Waals surface area contributed by atoms with E-state index in [1.54, 1.807) is 36.0 Å². The normalized spacial score (nSPS) is 10.8. The Bertz CT molecular complexity index is 1730. The Morgan fingerprint density at radius 2 is 1.85 bits per heavy atom. The molecule has 0 aliphatic rings. The molecule has 0 fully saturated rings. The Morgan fingerprint density at radius 1 is 1.05 bits per heavy atom.